The van der Waals surface area contributed by atoms with E-state index in [1.807, 2.05) is 7.11 Å². The highest BCUT2D eigenvalue weighted by Crippen LogP contribution is 2.71. The van der Waals surface area contributed by atoms with Gasteiger partial charge in [0.15, 0.2) is 0 Å². The van der Waals surface area contributed by atoms with Crippen LogP contribution in [-0.4, -0.2) is 22.3 Å². The lowest BCUT2D eigenvalue weighted by Gasteiger charge is -2.61. The van der Waals surface area contributed by atoms with E-state index in [4.69, 9.17) is 9.47 Å². The average Bonchev–Trinajstić information content (AvgIpc) is 4.22. The fraction of sp³-hybridized carbons (Fsp3) is 0.194. The van der Waals surface area contributed by atoms with E-state index in [0.717, 1.165) is 23.3 Å². The van der Waals surface area contributed by atoms with Crippen molar-refractivity contribution in [3.05, 3.63) is 217 Å². The van der Waals surface area contributed by atoms with Crippen molar-refractivity contribution in [2.75, 3.05) is 7.11 Å². The molecule has 0 saturated heterocycles. The van der Waals surface area contributed by atoms with Gasteiger partial charge in [0.05, 0.1) is 41.0 Å². The number of fused-ring (bicyclic) bond motifs is 10. The van der Waals surface area contributed by atoms with E-state index in [9.17, 15) is 0 Å². The molecule has 17 rings (SSSR count). The Hall–Kier alpha value is -8.34. The Balaban J connectivity index is 0.904. The predicted octanol–water partition coefficient (Wildman–Crippen LogP) is 18.6. The molecule has 4 nitrogen and oxygen atoms in total. The summed E-state index contributed by atoms with van der Waals surface area (Å²) >= 11 is 0. The molecule has 5 aliphatic rings. The summed E-state index contributed by atoms with van der Waals surface area (Å²) in [6.45, 7) is 4.26. The summed E-state index contributed by atoms with van der Waals surface area (Å²) in [7, 11) is 1.84. The van der Waals surface area contributed by atoms with E-state index >= 15 is 0 Å². The monoisotopic (exact) mass is 982 g/mol. The van der Waals surface area contributed by atoms with Crippen molar-refractivity contribution in [1.29, 1.82) is 0 Å². The lowest BCUT2D eigenvalue weighted by Crippen LogP contribution is -2.55. The molecule has 4 saturated carbocycles. The summed E-state index contributed by atoms with van der Waals surface area (Å²) in [6.07, 6.45) is 6.69. The third-order valence-corrected chi connectivity index (χ3v) is 18.6. The van der Waals surface area contributed by atoms with Crippen LogP contribution in [0.5, 0.6) is 11.5 Å². The highest BCUT2D eigenvalue weighted by Gasteiger charge is 2.62. The van der Waals surface area contributed by atoms with Gasteiger partial charge in [-0.25, -0.2) is 0 Å². The maximum Gasteiger partial charge on any atom is 0.130 e. The summed E-state index contributed by atoms with van der Waals surface area (Å²) in [4.78, 5) is 0. The third-order valence-electron chi connectivity index (χ3n) is 18.6. The Morgan fingerprint density at radius 3 is 1.76 bits per heavy atom. The second kappa shape index (κ2) is 16.6. The molecule has 5 aliphatic carbocycles. The van der Waals surface area contributed by atoms with Gasteiger partial charge in [-0.2, -0.15) is 0 Å². The van der Waals surface area contributed by atoms with Crippen molar-refractivity contribution in [3.8, 4) is 67.4 Å². The molecule has 10 aromatic carbocycles. The zero-order chi connectivity index (χ0) is 50.4. The first-order chi connectivity index (χ1) is 37.4. The second-order valence-electron chi connectivity index (χ2n) is 22.9. The number of hydrogen-bond acceptors (Lipinski definition) is 2. The van der Waals surface area contributed by atoms with Crippen LogP contribution in [0.4, 0.5) is 0 Å². The zero-order valence-electron chi connectivity index (χ0n) is 43.3. The molecule has 0 unspecified atom stereocenters. The Bertz CT molecular complexity index is 4330. The molecule has 0 N–H and O–H groups in total. The second-order valence-corrected chi connectivity index (χ2v) is 22.9. The van der Waals surface area contributed by atoms with Crippen molar-refractivity contribution in [3.63, 3.8) is 0 Å². The Morgan fingerprint density at radius 1 is 0.434 bits per heavy atom. The lowest BCUT2D eigenvalue weighted by atomic mass is 9.43. The van der Waals surface area contributed by atoms with Crippen LogP contribution in [-0.2, 0) is 5.41 Å². The van der Waals surface area contributed by atoms with Crippen LogP contribution in [0.1, 0.15) is 57.1 Å². The first-order valence-corrected chi connectivity index (χ1v) is 27.7. The number of ether oxygens (including phenoxy) is 2. The molecule has 76 heavy (non-hydrogen) atoms. The fourth-order valence-corrected chi connectivity index (χ4v) is 15.9. The maximum atomic E-state index is 6.55. The molecule has 4 bridgehead atoms. The standard InChI is InChI=1S/C72H58N2O2/c1-43(2)76-54-41-64-71(70(42-54)75-3)59-28-27-53(40-63(59)72(64)51-33-44-32-45(35-51)36-52(72)34-44)73-67-29-24-49(38-61(67)62-39-50(26-31-68(62)73)56-21-13-17-46-16-7-8-18-55(46)56)48-25-30-69-60(37-48)58-20-10-12-23-66(58)74(69)65-22-11-9-19-57(65)47-14-5-4-6-15-47/h4-31,37-45,51-52H,32-36H2,1-3H3. The number of para-hydroxylation sites is 2. The molecule has 0 aliphatic heterocycles. The topological polar surface area (TPSA) is 28.3 Å². The number of aromatic nitrogens is 2. The molecule has 0 atom stereocenters. The largest absolute Gasteiger partial charge is 0.496 e. The Morgan fingerprint density at radius 2 is 1.03 bits per heavy atom. The number of hydrogen-bond donors (Lipinski definition) is 0. The van der Waals surface area contributed by atoms with Crippen LogP contribution in [0.2, 0.25) is 0 Å². The van der Waals surface area contributed by atoms with Crippen LogP contribution in [0.3, 0.4) is 0 Å². The zero-order valence-corrected chi connectivity index (χ0v) is 43.3. The van der Waals surface area contributed by atoms with Crippen molar-refractivity contribution < 1.29 is 9.47 Å². The van der Waals surface area contributed by atoms with Gasteiger partial charge in [-0.05, 0) is 192 Å². The van der Waals surface area contributed by atoms with Gasteiger partial charge in [0, 0.05) is 49.8 Å². The summed E-state index contributed by atoms with van der Waals surface area (Å²) in [5, 5.41) is 7.51. The molecule has 2 aromatic heterocycles. The van der Waals surface area contributed by atoms with Gasteiger partial charge in [0.25, 0.3) is 0 Å². The first-order valence-electron chi connectivity index (χ1n) is 27.7. The summed E-state index contributed by atoms with van der Waals surface area (Å²) in [5.41, 5.74) is 20.0. The quantitative estimate of drug-likeness (QED) is 0.152. The maximum absolute atomic E-state index is 6.55. The number of methoxy groups -OCH3 is 1. The SMILES string of the molecule is COc1cc(OC(C)C)cc2c1-c1ccc(-n3c4ccc(-c5ccc6c(c5)c5ccccc5n6-c5ccccc5-c5ccccc5)cc4c4cc(-c5cccc6ccccc56)ccc43)cc1C21C2CC3CC(C2)CC1C3. The molecule has 4 heteroatoms. The average molecular weight is 983 g/mol. The van der Waals surface area contributed by atoms with Crippen molar-refractivity contribution in [2.24, 2.45) is 23.7 Å². The molecule has 0 radical (unpaired) electrons. The lowest BCUT2D eigenvalue weighted by molar-refractivity contribution is -0.0400. The van der Waals surface area contributed by atoms with Gasteiger partial charge in [0.1, 0.15) is 11.5 Å². The van der Waals surface area contributed by atoms with E-state index in [1.54, 1.807) is 0 Å². The summed E-state index contributed by atoms with van der Waals surface area (Å²) in [5.74, 6) is 4.69. The molecular weight excluding hydrogens is 925 g/mol. The molecule has 2 heterocycles. The minimum atomic E-state index is -0.0867. The van der Waals surface area contributed by atoms with Crippen LogP contribution in [0.25, 0.3) is 110 Å². The predicted molar refractivity (Wildman–Crippen MR) is 315 cm³/mol. The van der Waals surface area contributed by atoms with Crippen LogP contribution < -0.4 is 9.47 Å². The molecule has 12 aromatic rings. The summed E-state index contributed by atoms with van der Waals surface area (Å²) < 4.78 is 17.9. The van der Waals surface area contributed by atoms with E-state index in [0.29, 0.717) is 11.8 Å². The molecule has 1 spiro atoms. The van der Waals surface area contributed by atoms with Crippen molar-refractivity contribution in [2.45, 2.75) is 57.5 Å². The highest BCUT2D eigenvalue weighted by molar-refractivity contribution is 6.14. The van der Waals surface area contributed by atoms with Crippen molar-refractivity contribution >= 4 is 54.4 Å². The molecule has 0 amide bonds. The number of benzene rings is 10. The third kappa shape index (κ3) is 6.31. The van der Waals surface area contributed by atoms with Crippen molar-refractivity contribution in [1.82, 2.24) is 9.13 Å². The molecule has 4 fully saturated rings. The Labute approximate surface area is 443 Å². The fourth-order valence-electron chi connectivity index (χ4n) is 15.9. The van der Waals surface area contributed by atoms with E-state index in [2.05, 4.69) is 229 Å². The Kier molecular flexibility index (Phi) is 9.60. The van der Waals surface area contributed by atoms with E-state index in [-0.39, 0.29) is 11.5 Å². The minimum absolute atomic E-state index is 0.0719. The van der Waals surface area contributed by atoms with Gasteiger partial charge < -0.3 is 18.6 Å². The molecule has 368 valence electrons. The van der Waals surface area contributed by atoms with Crippen LogP contribution >= 0.6 is 0 Å². The van der Waals surface area contributed by atoms with Crippen LogP contribution in [0, 0.1) is 23.7 Å². The van der Waals surface area contributed by atoms with Gasteiger partial charge in [-0.1, -0.05) is 133 Å². The van der Waals surface area contributed by atoms with Crippen LogP contribution in [0.15, 0.2) is 206 Å². The van der Waals surface area contributed by atoms with Gasteiger partial charge in [-0.3, -0.25) is 0 Å². The van der Waals surface area contributed by atoms with Gasteiger partial charge in [-0.15, -0.1) is 0 Å². The normalized spacial score (nSPS) is 20.2. The van der Waals surface area contributed by atoms with E-state index < -0.39 is 0 Å². The summed E-state index contributed by atoms with van der Waals surface area (Å²) in [6, 6.07) is 77.5. The van der Waals surface area contributed by atoms with Gasteiger partial charge in [0.2, 0.25) is 0 Å². The van der Waals surface area contributed by atoms with E-state index in [1.165, 1.54) is 153 Å². The van der Waals surface area contributed by atoms with Gasteiger partial charge >= 0.3 is 0 Å². The number of rotatable bonds is 8. The highest BCUT2D eigenvalue weighted by atomic mass is 16.5. The first kappa shape index (κ1) is 44.0. The smallest absolute Gasteiger partial charge is 0.130 e. The minimum Gasteiger partial charge on any atom is -0.496 e. The number of nitrogens with zero attached hydrogens (tertiary/aromatic N) is 2. The molecular formula is C72H58N2O2.